The second-order valence-corrected chi connectivity index (χ2v) is 6.52. The molecule has 0 spiro atoms. The maximum Gasteiger partial charge on any atom is 0.354 e. The highest BCUT2D eigenvalue weighted by Crippen LogP contribution is 2.21. The fourth-order valence-corrected chi connectivity index (χ4v) is 2.91. The third kappa shape index (κ3) is 4.87. The van der Waals surface area contributed by atoms with Crippen molar-refractivity contribution in [3.63, 3.8) is 0 Å². The minimum atomic E-state index is -1.09. The molecule has 1 amide bonds. The average molecular weight is 408 g/mol. The summed E-state index contributed by atoms with van der Waals surface area (Å²) in [5, 5.41) is 21.0. The van der Waals surface area contributed by atoms with Gasteiger partial charge in [-0.15, -0.1) is 0 Å². The summed E-state index contributed by atoms with van der Waals surface area (Å²) in [6.45, 7) is 0.586. The Kier molecular flexibility index (Phi) is 5.78. The molecule has 0 aliphatic rings. The van der Waals surface area contributed by atoms with Gasteiger partial charge in [-0.25, -0.2) is 4.79 Å². The molecule has 3 rings (SSSR count). The zero-order chi connectivity index (χ0) is 19.4. The lowest BCUT2D eigenvalue weighted by Crippen LogP contribution is -2.17. The highest BCUT2D eigenvalue weighted by Gasteiger charge is 2.12. The van der Waals surface area contributed by atoms with Gasteiger partial charge in [-0.3, -0.25) is 14.2 Å². The largest absolute Gasteiger partial charge is 0.477 e. The number of hydrogen-bond acceptors (Lipinski definition) is 4. The molecule has 8 nitrogen and oxygen atoms in total. The second-order valence-electron chi connectivity index (χ2n) is 5.68. The number of carboxylic acids is 1. The molecule has 0 saturated carbocycles. The van der Waals surface area contributed by atoms with Gasteiger partial charge in [-0.1, -0.05) is 29.3 Å². The van der Waals surface area contributed by atoms with Gasteiger partial charge in [0.05, 0.1) is 13.1 Å². The number of halogens is 2. The van der Waals surface area contributed by atoms with Crippen molar-refractivity contribution in [3.05, 3.63) is 64.0 Å². The molecule has 3 aromatic rings. The van der Waals surface area contributed by atoms with Crippen LogP contribution >= 0.6 is 23.2 Å². The van der Waals surface area contributed by atoms with Crippen LogP contribution in [0.5, 0.6) is 0 Å². The quantitative estimate of drug-likeness (QED) is 0.625. The highest BCUT2D eigenvalue weighted by molar-refractivity contribution is 6.35. The van der Waals surface area contributed by atoms with Crippen LogP contribution in [0.2, 0.25) is 10.0 Å². The first-order valence-corrected chi connectivity index (χ1v) is 8.70. The Balaban J connectivity index is 1.56. The van der Waals surface area contributed by atoms with E-state index in [9.17, 15) is 9.59 Å². The fraction of sp³-hybridized carbons (Fsp3) is 0.176. The third-order valence-corrected chi connectivity index (χ3v) is 4.33. The van der Waals surface area contributed by atoms with E-state index in [2.05, 4.69) is 15.5 Å². The summed E-state index contributed by atoms with van der Waals surface area (Å²) < 4.78 is 2.91. The molecule has 0 aliphatic heterocycles. The predicted octanol–water partition coefficient (Wildman–Crippen LogP) is 3.16. The van der Waals surface area contributed by atoms with Crippen LogP contribution in [0, 0.1) is 0 Å². The number of carboxylic acid groups (broad SMARTS) is 1. The van der Waals surface area contributed by atoms with Crippen molar-refractivity contribution in [1.29, 1.82) is 0 Å². The summed E-state index contributed by atoms with van der Waals surface area (Å²) in [4.78, 5) is 23.1. The Morgan fingerprint density at radius 1 is 1.19 bits per heavy atom. The van der Waals surface area contributed by atoms with E-state index in [0.717, 1.165) is 5.56 Å². The number of rotatable bonds is 7. The summed E-state index contributed by atoms with van der Waals surface area (Å²) in [5.41, 5.74) is 0.883. The van der Waals surface area contributed by atoms with Gasteiger partial charge in [0, 0.05) is 34.9 Å². The van der Waals surface area contributed by atoms with E-state index >= 15 is 0 Å². The molecule has 0 atom stereocenters. The van der Waals surface area contributed by atoms with Gasteiger partial charge < -0.3 is 10.4 Å². The van der Waals surface area contributed by atoms with Crippen LogP contribution in [0.4, 0.5) is 5.82 Å². The number of nitrogens with one attached hydrogen (secondary N) is 1. The van der Waals surface area contributed by atoms with E-state index < -0.39 is 5.97 Å². The fourth-order valence-electron chi connectivity index (χ4n) is 2.45. The molecule has 0 bridgehead atoms. The van der Waals surface area contributed by atoms with E-state index in [4.69, 9.17) is 28.3 Å². The van der Waals surface area contributed by atoms with Crippen LogP contribution in [0.15, 0.2) is 42.7 Å². The first-order valence-electron chi connectivity index (χ1n) is 7.95. The van der Waals surface area contributed by atoms with Gasteiger partial charge in [0.2, 0.25) is 5.91 Å². The standard InChI is InChI=1S/C17H15Cl2N5O3/c18-12-2-1-11(13(19)9-12)10-23-7-4-15(22-23)21-16(25)5-8-24-14(17(26)27)3-6-20-24/h1-4,6-7,9H,5,8,10H2,(H,26,27)(H,21,22,25). The number of aryl methyl sites for hydroxylation is 1. The molecule has 0 fully saturated rings. The summed E-state index contributed by atoms with van der Waals surface area (Å²) >= 11 is 12.0. The number of nitrogens with zero attached hydrogens (tertiary/aromatic N) is 4. The summed E-state index contributed by atoms with van der Waals surface area (Å²) in [7, 11) is 0. The minimum Gasteiger partial charge on any atom is -0.477 e. The van der Waals surface area contributed by atoms with Crippen molar-refractivity contribution in [2.45, 2.75) is 19.5 Å². The lowest BCUT2D eigenvalue weighted by atomic mass is 10.2. The monoisotopic (exact) mass is 407 g/mol. The van der Waals surface area contributed by atoms with Gasteiger partial charge in [0.15, 0.2) is 5.82 Å². The Bertz CT molecular complexity index is 983. The Morgan fingerprint density at radius 2 is 2.00 bits per heavy atom. The highest BCUT2D eigenvalue weighted by atomic mass is 35.5. The summed E-state index contributed by atoms with van der Waals surface area (Å²) in [6.07, 6.45) is 3.17. The molecular formula is C17H15Cl2N5O3. The van der Waals surface area contributed by atoms with Crippen molar-refractivity contribution in [3.8, 4) is 0 Å². The smallest absolute Gasteiger partial charge is 0.354 e. The van der Waals surface area contributed by atoms with Gasteiger partial charge in [0.1, 0.15) is 5.69 Å². The number of aromatic carboxylic acids is 1. The second kappa shape index (κ2) is 8.24. The third-order valence-electron chi connectivity index (χ3n) is 3.74. The maximum atomic E-state index is 12.1. The van der Waals surface area contributed by atoms with Crippen LogP contribution in [-0.2, 0) is 17.9 Å². The van der Waals surface area contributed by atoms with Crippen LogP contribution in [0.3, 0.4) is 0 Å². The molecule has 2 aromatic heterocycles. The molecule has 2 heterocycles. The number of aromatic nitrogens is 4. The predicted molar refractivity (Wildman–Crippen MR) is 100 cm³/mol. The van der Waals surface area contributed by atoms with E-state index in [-0.39, 0.29) is 24.6 Å². The number of anilines is 1. The summed E-state index contributed by atoms with van der Waals surface area (Å²) in [5.74, 6) is -0.992. The zero-order valence-electron chi connectivity index (χ0n) is 14.0. The Labute approximate surface area is 164 Å². The van der Waals surface area contributed by atoms with Crippen molar-refractivity contribution in [2.24, 2.45) is 0 Å². The number of carbonyl (C=O) groups is 2. The normalized spacial score (nSPS) is 10.7. The van der Waals surface area contributed by atoms with Crippen molar-refractivity contribution in [1.82, 2.24) is 19.6 Å². The lowest BCUT2D eigenvalue weighted by Gasteiger charge is -2.06. The van der Waals surface area contributed by atoms with Gasteiger partial charge in [-0.2, -0.15) is 10.2 Å². The van der Waals surface area contributed by atoms with E-state index in [1.807, 2.05) is 6.07 Å². The number of carbonyl (C=O) groups excluding carboxylic acids is 1. The number of benzene rings is 1. The van der Waals surface area contributed by atoms with E-state index in [0.29, 0.717) is 22.4 Å². The molecule has 140 valence electrons. The van der Waals surface area contributed by atoms with Crippen molar-refractivity contribution >= 4 is 40.9 Å². The zero-order valence-corrected chi connectivity index (χ0v) is 15.5. The molecule has 0 aliphatic carbocycles. The van der Waals surface area contributed by atoms with Gasteiger partial charge in [-0.05, 0) is 23.8 Å². The molecule has 0 saturated heterocycles. The average Bonchev–Trinajstić information content (AvgIpc) is 3.25. The van der Waals surface area contributed by atoms with Crippen LogP contribution in [0.25, 0.3) is 0 Å². The van der Waals surface area contributed by atoms with E-state index in [1.54, 1.807) is 29.1 Å². The molecular weight excluding hydrogens is 393 g/mol. The molecule has 1 aromatic carbocycles. The SMILES string of the molecule is O=C(CCn1nccc1C(=O)O)Nc1ccn(Cc2ccc(Cl)cc2Cl)n1. The van der Waals surface area contributed by atoms with Gasteiger partial charge in [0.25, 0.3) is 0 Å². The Hall–Kier alpha value is -2.84. The molecule has 10 heteroatoms. The minimum absolute atomic E-state index is 0.0342. The van der Waals surface area contributed by atoms with E-state index in [1.165, 1.54) is 16.9 Å². The van der Waals surface area contributed by atoms with Crippen molar-refractivity contribution < 1.29 is 14.7 Å². The molecule has 2 N–H and O–H groups in total. The van der Waals surface area contributed by atoms with Crippen molar-refractivity contribution in [2.75, 3.05) is 5.32 Å². The number of hydrogen-bond donors (Lipinski definition) is 2. The first kappa shape index (κ1) is 18.9. The Morgan fingerprint density at radius 3 is 2.74 bits per heavy atom. The molecule has 0 radical (unpaired) electrons. The first-order chi connectivity index (χ1) is 12.9. The maximum absolute atomic E-state index is 12.1. The molecule has 27 heavy (non-hydrogen) atoms. The lowest BCUT2D eigenvalue weighted by molar-refractivity contribution is -0.116. The topological polar surface area (TPSA) is 102 Å². The van der Waals surface area contributed by atoms with Crippen LogP contribution in [0.1, 0.15) is 22.5 Å². The molecule has 0 unspecified atom stereocenters. The number of amides is 1. The van der Waals surface area contributed by atoms with Gasteiger partial charge >= 0.3 is 5.97 Å². The van der Waals surface area contributed by atoms with Crippen LogP contribution < -0.4 is 5.32 Å². The summed E-state index contributed by atoms with van der Waals surface area (Å²) in [6, 6.07) is 8.26. The van der Waals surface area contributed by atoms with Crippen LogP contribution in [-0.4, -0.2) is 36.5 Å².